The highest BCUT2D eigenvalue weighted by atomic mass is 32.1. The number of nitrogens with zero attached hydrogens (tertiary/aromatic N) is 7. The molecule has 0 radical (unpaired) electrons. The van der Waals surface area contributed by atoms with Crippen LogP contribution in [-0.4, -0.2) is 94.0 Å². The maximum Gasteiger partial charge on any atom is 0.240 e. The molecule has 4 fully saturated rings. The number of hydrogen-bond acceptors (Lipinski definition) is 10. The van der Waals surface area contributed by atoms with Crippen LogP contribution in [0.15, 0.2) is 18.3 Å². The van der Waals surface area contributed by atoms with Crippen molar-refractivity contribution in [3.05, 3.63) is 18.3 Å². The zero-order chi connectivity index (χ0) is 25.1. The zero-order valence-electron chi connectivity index (χ0n) is 21.6. The first kappa shape index (κ1) is 24.9. The predicted molar refractivity (Wildman–Crippen MR) is 146 cm³/mol. The summed E-state index contributed by atoms with van der Waals surface area (Å²) in [6.07, 6.45) is 14.1. The minimum Gasteiger partial charge on any atom is -0.355 e. The molecule has 1 atom stereocenters. The molecule has 4 heterocycles. The molecule has 2 saturated heterocycles. The summed E-state index contributed by atoms with van der Waals surface area (Å²) in [5.41, 5.74) is 0.700. The molecule has 2 N–H and O–H groups in total. The van der Waals surface area contributed by atoms with Crippen LogP contribution in [0.4, 0.5) is 16.1 Å². The fourth-order valence-corrected chi connectivity index (χ4v) is 7.65. The lowest BCUT2D eigenvalue weighted by atomic mass is 9.71. The van der Waals surface area contributed by atoms with Crippen LogP contribution in [0.2, 0.25) is 0 Å². The first-order valence-electron chi connectivity index (χ1n) is 14.0. The second kappa shape index (κ2) is 11.2. The van der Waals surface area contributed by atoms with Crippen molar-refractivity contribution >= 4 is 33.3 Å². The van der Waals surface area contributed by atoms with Crippen molar-refractivity contribution in [2.24, 2.45) is 5.41 Å². The third-order valence-electron chi connectivity index (χ3n) is 9.04. The lowest BCUT2D eigenvalue weighted by molar-refractivity contribution is -0.117. The van der Waals surface area contributed by atoms with E-state index in [-0.39, 0.29) is 11.9 Å². The number of carbonyl (C=O) groups excluding carboxylic acids is 1. The minimum atomic E-state index is -0.00770. The van der Waals surface area contributed by atoms with Crippen molar-refractivity contribution in [2.75, 3.05) is 61.3 Å². The van der Waals surface area contributed by atoms with Gasteiger partial charge in [0.1, 0.15) is 0 Å². The average molecular weight is 526 g/mol. The van der Waals surface area contributed by atoms with Crippen LogP contribution in [0, 0.1) is 5.41 Å². The second-order valence-electron chi connectivity index (χ2n) is 11.4. The molecule has 0 aromatic carbocycles. The molecular formula is C26H39N9OS. The van der Waals surface area contributed by atoms with Gasteiger partial charge in [0.05, 0.1) is 6.54 Å². The molecule has 2 aliphatic heterocycles. The number of nitrogens with one attached hydrogen (secondary N) is 2. The summed E-state index contributed by atoms with van der Waals surface area (Å²) in [6.45, 7) is 6.25. The maximum atomic E-state index is 12.7. The predicted octanol–water partition coefficient (Wildman–Crippen LogP) is 3.08. The van der Waals surface area contributed by atoms with Gasteiger partial charge in [0.25, 0.3) is 0 Å². The summed E-state index contributed by atoms with van der Waals surface area (Å²) in [5.74, 6) is 0.890. The highest BCUT2D eigenvalue weighted by Crippen LogP contribution is 2.49. The Balaban J connectivity index is 0.907. The smallest absolute Gasteiger partial charge is 0.240 e. The largest absolute Gasteiger partial charge is 0.355 e. The normalized spacial score (nSPS) is 25.1. The van der Waals surface area contributed by atoms with Crippen molar-refractivity contribution in [3.63, 3.8) is 0 Å². The Morgan fingerprint density at radius 1 is 0.973 bits per heavy atom. The average Bonchev–Trinajstić information content (AvgIpc) is 3.68. The van der Waals surface area contributed by atoms with Crippen molar-refractivity contribution < 1.29 is 4.79 Å². The van der Waals surface area contributed by atoms with Crippen LogP contribution >= 0.6 is 11.3 Å². The second-order valence-corrected chi connectivity index (χ2v) is 12.3. The lowest BCUT2D eigenvalue weighted by Gasteiger charge is -2.44. The molecular weight excluding hydrogens is 486 g/mol. The third-order valence-corrected chi connectivity index (χ3v) is 9.81. The molecule has 2 aliphatic carbocycles. The lowest BCUT2D eigenvalue weighted by Crippen LogP contribution is -2.52. The van der Waals surface area contributed by atoms with Gasteiger partial charge >= 0.3 is 0 Å². The number of rotatable bonds is 7. The zero-order valence-corrected chi connectivity index (χ0v) is 22.5. The number of carbonyl (C=O) groups is 1. The Hall–Kier alpha value is -2.37. The van der Waals surface area contributed by atoms with Gasteiger partial charge in [-0.3, -0.25) is 19.9 Å². The van der Waals surface area contributed by atoms with Gasteiger partial charge in [-0.1, -0.05) is 24.2 Å². The fourth-order valence-electron chi connectivity index (χ4n) is 6.91. The molecule has 1 spiro atoms. The minimum absolute atomic E-state index is 0.00770. The summed E-state index contributed by atoms with van der Waals surface area (Å²) in [7, 11) is 0. The number of amides is 1. The van der Waals surface area contributed by atoms with E-state index in [0.717, 1.165) is 62.7 Å². The van der Waals surface area contributed by atoms with Crippen molar-refractivity contribution in [2.45, 2.75) is 69.9 Å². The van der Waals surface area contributed by atoms with Gasteiger partial charge in [0, 0.05) is 57.5 Å². The van der Waals surface area contributed by atoms with Crippen LogP contribution in [0.1, 0.15) is 57.8 Å². The first-order chi connectivity index (χ1) is 18.1. The summed E-state index contributed by atoms with van der Waals surface area (Å²) in [6, 6.07) is 4.91. The summed E-state index contributed by atoms with van der Waals surface area (Å²) < 4.78 is 0. The van der Waals surface area contributed by atoms with Gasteiger partial charge in [-0.05, 0) is 62.5 Å². The SMILES string of the molecule is O=C(CN1CCN(C2CCC3(CCCC3)CC2)CC1)Nc1nnc(N[C@@H]2CCN(c3cccnn3)C2)s1. The van der Waals surface area contributed by atoms with Crippen LogP contribution in [0.5, 0.6) is 0 Å². The van der Waals surface area contributed by atoms with E-state index in [1.807, 2.05) is 12.1 Å². The van der Waals surface area contributed by atoms with Gasteiger partial charge in [-0.25, -0.2) is 0 Å². The van der Waals surface area contributed by atoms with E-state index < -0.39 is 0 Å². The number of aromatic nitrogens is 4. The van der Waals surface area contributed by atoms with Crippen LogP contribution < -0.4 is 15.5 Å². The molecule has 200 valence electrons. The van der Waals surface area contributed by atoms with Crippen LogP contribution in [-0.2, 0) is 4.79 Å². The highest BCUT2D eigenvalue weighted by Gasteiger charge is 2.39. The standard InChI is InChI=1S/C26H39N9OS/c36-23(19-33-14-16-34(17-15-33)21-5-10-26(11-6-21)8-1-2-9-26)29-25-32-31-24(37-25)28-20-7-13-35(18-20)22-4-3-12-27-30-22/h3-4,12,20-21H,1-2,5-11,13-19H2,(H,28,31)(H,29,32,36)/t20-/m1/s1. The highest BCUT2D eigenvalue weighted by molar-refractivity contribution is 7.19. The molecule has 4 aliphatic rings. The van der Waals surface area contributed by atoms with E-state index in [1.165, 1.54) is 62.7 Å². The van der Waals surface area contributed by atoms with E-state index in [9.17, 15) is 4.79 Å². The Labute approximate surface area is 223 Å². The van der Waals surface area contributed by atoms with E-state index >= 15 is 0 Å². The molecule has 2 aromatic rings. The Morgan fingerprint density at radius 3 is 2.51 bits per heavy atom. The van der Waals surface area contributed by atoms with E-state index in [0.29, 0.717) is 17.1 Å². The van der Waals surface area contributed by atoms with E-state index in [2.05, 4.69) is 45.7 Å². The van der Waals surface area contributed by atoms with E-state index in [4.69, 9.17) is 0 Å². The molecule has 2 saturated carbocycles. The van der Waals surface area contributed by atoms with Gasteiger partial charge in [0.15, 0.2) is 5.82 Å². The molecule has 0 bridgehead atoms. The first-order valence-corrected chi connectivity index (χ1v) is 14.8. The number of hydrogen-bond donors (Lipinski definition) is 2. The third kappa shape index (κ3) is 6.04. The maximum absolute atomic E-state index is 12.7. The van der Waals surface area contributed by atoms with Gasteiger partial charge in [-0.15, -0.1) is 15.3 Å². The topological polar surface area (TPSA) is 102 Å². The summed E-state index contributed by atoms with van der Waals surface area (Å²) in [5, 5.41) is 24.3. The van der Waals surface area contributed by atoms with Crippen molar-refractivity contribution in [1.82, 2.24) is 30.2 Å². The fraction of sp³-hybridized carbons (Fsp3) is 0.731. The molecule has 6 rings (SSSR count). The van der Waals surface area contributed by atoms with Gasteiger partial charge in [-0.2, -0.15) is 5.10 Å². The number of anilines is 3. The molecule has 1 amide bonds. The molecule has 11 heteroatoms. The Bertz CT molecular complexity index is 1030. The van der Waals surface area contributed by atoms with Crippen molar-refractivity contribution in [1.29, 1.82) is 0 Å². The molecule has 37 heavy (non-hydrogen) atoms. The van der Waals surface area contributed by atoms with Crippen LogP contribution in [0.3, 0.4) is 0 Å². The Kier molecular flexibility index (Phi) is 7.53. The quantitative estimate of drug-likeness (QED) is 0.565. The van der Waals surface area contributed by atoms with Crippen molar-refractivity contribution in [3.8, 4) is 0 Å². The van der Waals surface area contributed by atoms with E-state index in [1.54, 1.807) is 6.20 Å². The molecule has 0 unspecified atom stereocenters. The van der Waals surface area contributed by atoms with Gasteiger partial charge in [0.2, 0.25) is 16.2 Å². The molecule has 2 aromatic heterocycles. The summed E-state index contributed by atoms with van der Waals surface area (Å²) >= 11 is 1.40. The van der Waals surface area contributed by atoms with Gasteiger partial charge < -0.3 is 10.2 Å². The molecule has 10 nitrogen and oxygen atoms in total. The number of piperazine rings is 1. The monoisotopic (exact) mass is 525 g/mol. The van der Waals surface area contributed by atoms with Crippen LogP contribution in [0.25, 0.3) is 0 Å². The Morgan fingerprint density at radius 2 is 1.76 bits per heavy atom. The summed E-state index contributed by atoms with van der Waals surface area (Å²) in [4.78, 5) is 19.9.